The number of carbonyl (C=O) groups excluding carboxylic acids is 1. The van der Waals surface area contributed by atoms with Crippen LogP contribution in [0, 0.1) is 6.92 Å². The summed E-state index contributed by atoms with van der Waals surface area (Å²) in [7, 11) is 0. The van der Waals surface area contributed by atoms with Gasteiger partial charge in [0.1, 0.15) is 0 Å². The van der Waals surface area contributed by atoms with E-state index in [-0.39, 0.29) is 12.6 Å². The molecule has 2 amide bonds. The van der Waals surface area contributed by atoms with Crippen molar-refractivity contribution in [3.8, 4) is 0 Å². The lowest BCUT2D eigenvalue weighted by molar-refractivity contribution is 0.250. The third-order valence-corrected chi connectivity index (χ3v) is 3.89. The predicted octanol–water partition coefficient (Wildman–Crippen LogP) is 3.24. The predicted molar refractivity (Wildman–Crippen MR) is 91.9 cm³/mol. The summed E-state index contributed by atoms with van der Waals surface area (Å²) in [4.78, 5) is 12.0. The first kappa shape index (κ1) is 16.0. The number of aryl methyl sites for hydroxylation is 3. The molecule has 0 bridgehead atoms. The second-order valence-corrected chi connectivity index (χ2v) is 5.55. The molecule has 0 saturated heterocycles. The van der Waals surface area contributed by atoms with E-state index < -0.39 is 0 Å². The number of rotatable bonds is 5. The molecule has 24 heavy (non-hydrogen) atoms. The smallest absolute Gasteiger partial charge is 0.319 e. The fourth-order valence-electron chi connectivity index (χ4n) is 2.74. The Kier molecular flexibility index (Phi) is 4.50. The Bertz CT molecular complexity index is 865. The summed E-state index contributed by atoms with van der Waals surface area (Å²) >= 11 is 0. The van der Waals surface area contributed by atoms with E-state index in [4.69, 9.17) is 4.42 Å². The molecule has 7 nitrogen and oxygen atoms in total. The molecule has 1 aromatic carbocycles. The highest BCUT2D eigenvalue weighted by Crippen LogP contribution is 2.23. The zero-order valence-corrected chi connectivity index (χ0v) is 14.1. The van der Waals surface area contributed by atoms with Gasteiger partial charge in [0.2, 0.25) is 11.8 Å². The first-order valence-electron chi connectivity index (χ1n) is 8.06. The highest BCUT2D eigenvalue weighted by molar-refractivity contribution is 5.93. The molecule has 3 rings (SSSR count). The topological polar surface area (TPSA) is 85.0 Å². The molecule has 0 radical (unpaired) electrons. The maximum absolute atomic E-state index is 12.0. The Morgan fingerprint density at radius 1 is 1.21 bits per heavy atom. The zero-order valence-electron chi connectivity index (χ0n) is 14.1. The van der Waals surface area contributed by atoms with Gasteiger partial charge in [0, 0.05) is 35.2 Å². The lowest BCUT2D eigenvalue weighted by Crippen LogP contribution is -2.28. The van der Waals surface area contributed by atoms with Gasteiger partial charge in [-0.2, -0.15) is 0 Å². The van der Waals surface area contributed by atoms with Gasteiger partial charge in [-0.25, -0.2) is 4.79 Å². The molecule has 2 heterocycles. The van der Waals surface area contributed by atoms with Crippen molar-refractivity contribution < 1.29 is 9.21 Å². The molecule has 0 unspecified atom stereocenters. The Morgan fingerprint density at radius 2 is 2.00 bits per heavy atom. The number of carbonyl (C=O) groups is 1. The van der Waals surface area contributed by atoms with Crippen LogP contribution < -0.4 is 10.6 Å². The average Bonchev–Trinajstić information content (AvgIpc) is 3.15. The van der Waals surface area contributed by atoms with Gasteiger partial charge in [0.05, 0.1) is 6.54 Å². The van der Waals surface area contributed by atoms with Crippen molar-refractivity contribution in [2.24, 2.45) is 0 Å². The number of benzene rings is 1. The van der Waals surface area contributed by atoms with Crippen LogP contribution in [-0.4, -0.2) is 20.8 Å². The van der Waals surface area contributed by atoms with E-state index in [9.17, 15) is 4.79 Å². The second-order valence-electron chi connectivity index (χ2n) is 5.55. The highest BCUT2D eigenvalue weighted by atomic mass is 16.4. The van der Waals surface area contributed by atoms with Gasteiger partial charge in [-0.05, 0) is 38.1 Å². The molecule has 2 N–H and O–H groups in total. The van der Waals surface area contributed by atoms with E-state index in [1.807, 2.05) is 25.1 Å². The number of hydrogen-bond acceptors (Lipinski definition) is 4. The third kappa shape index (κ3) is 3.24. The quantitative estimate of drug-likeness (QED) is 0.753. The van der Waals surface area contributed by atoms with Crippen molar-refractivity contribution in [2.75, 3.05) is 5.32 Å². The molecule has 0 aliphatic carbocycles. The van der Waals surface area contributed by atoms with Gasteiger partial charge < -0.3 is 19.6 Å². The molecule has 0 atom stereocenters. The number of urea groups is 1. The van der Waals surface area contributed by atoms with E-state index in [1.54, 1.807) is 0 Å². The number of nitrogens with zero attached hydrogens (tertiary/aromatic N) is 3. The monoisotopic (exact) mass is 327 g/mol. The van der Waals surface area contributed by atoms with Crippen LogP contribution in [0.4, 0.5) is 10.5 Å². The van der Waals surface area contributed by atoms with Crippen molar-refractivity contribution in [3.05, 3.63) is 41.7 Å². The number of nitrogens with one attached hydrogen (secondary N) is 2. The van der Waals surface area contributed by atoms with Crippen molar-refractivity contribution in [3.63, 3.8) is 0 Å². The molecular weight excluding hydrogens is 306 g/mol. The maximum Gasteiger partial charge on any atom is 0.319 e. The van der Waals surface area contributed by atoms with Gasteiger partial charge in [-0.15, -0.1) is 10.2 Å². The van der Waals surface area contributed by atoms with Crippen LogP contribution in [-0.2, 0) is 19.5 Å². The Balaban J connectivity index is 1.64. The lowest BCUT2D eigenvalue weighted by atomic mass is 10.2. The Labute approximate surface area is 140 Å². The summed E-state index contributed by atoms with van der Waals surface area (Å²) in [6.07, 6.45) is 0.677. The van der Waals surface area contributed by atoms with E-state index in [0.29, 0.717) is 18.2 Å². The molecule has 3 aromatic rings. The largest absolute Gasteiger partial charge is 0.423 e. The van der Waals surface area contributed by atoms with Crippen LogP contribution >= 0.6 is 0 Å². The highest BCUT2D eigenvalue weighted by Gasteiger charge is 2.09. The normalized spacial score (nSPS) is 11.0. The lowest BCUT2D eigenvalue weighted by Gasteiger charge is -2.07. The van der Waals surface area contributed by atoms with Gasteiger partial charge in [0.25, 0.3) is 0 Å². The molecular formula is C17H21N5O2. The minimum absolute atomic E-state index is 0.201. The van der Waals surface area contributed by atoms with E-state index in [0.717, 1.165) is 17.6 Å². The summed E-state index contributed by atoms with van der Waals surface area (Å²) in [6.45, 7) is 7.26. The minimum atomic E-state index is -0.308. The standard InChI is InChI=1S/C17H21N5O2/c1-4-15-20-21-16(24-15)10-18-17(23)19-13-6-7-14-12(9-13)8-11(3)22(14)5-2/h6-9H,4-5,10H2,1-3H3,(H2,18,19,23). The molecule has 0 saturated carbocycles. The third-order valence-electron chi connectivity index (χ3n) is 3.89. The number of amides is 2. The van der Waals surface area contributed by atoms with Crippen LogP contribution in [0.3, 0.4) is 0 Å². The molecule has 0 aliphatic rings. The second kappa shape index (κ2) is 6.74. The number of aromatic nitrogens is 3. The van der Waals surface area contributed by atoms with E-state index in [2.05, 4.69) is 45.3 Å². The van der Waals surface area contributed by atoms with Gasteiger partial charge in [-0.3, -0.25) is 0 Å². The minimum Gasteiger partial charge on any atom is -0.423 e. The number of anilines is 1. The summed E-state index contributed by atoms with van der Waals surface area (Å²) < 4.78 is 7.59. The van der Waals surface area contributed by atoms with Crippen molar-refractivity contribution >= 4 is 22.6 Å². The van der Waals surface area contributed by atoms with Crippen LogP contribution in [0.15, 0.2) is 28.7 Å². The molecule has 126 valence electrons. The number of hydrogen-bond donors (Lipinski definition) is 2. The molecule has 7 heteroatoms. The first-order valence-corrected chi connectivity index (χ1v) is 8.06. The van der Waals surface area contributed by atoms with E-state index in [1.165, 1.54) is 11.2 Å². The van der Waals surface area contributed by atoms with Gasteiger partial charge in [0.15, 0.2) is 0 Å². The fraction of sp³-hybridized carbons (Fsp3) is 0.353. The summed E-state index contributed by atoms with van der Waals surface area (Å²) in [5.41, 5.74) is 3.11. The number of fused-ring (bicyclic) bond motifs is 1. The van der Waals surface area contributed by atoms with Crippen molar-refractivity contribution in [1.29, 1.82) is 0 Å². The summed E-state index contributed by atoms with van der Waals surface area (Å²) in [6, 6.07) is 7.70. The molecule has 2 aromatic heterocycles. The SMILES string of the molecule is CCc1nnc(CNC(=O)Nc2ccc3c(c2)cc(C)n3CC)o1. The van der Waals surface area contributed by atoms with Crippen LogP contribution in [0.25, 0.3) is 10.9 Å². The van der Waals surface area contributed by atoms with E-state index >= 15 is 0 Å². The van der Waals surface area contributed by atoms with Crippen molar-refractivity contribution in [2.45, 2.75) is 40.3 Å². The maximum atomic E-state index is 12.0. The Morgan fingerprint density at radius 3 is 2.71 bits per heavy atom. The van der Waals surface area contributed by atoms with Crippen LogP contribution in [0.5, 0.6) is 0 Å². The van der Waals surface area contributed by atoms with Crippen molar-refractivity contribution in [1.82, 2.24) is 20.1 Å². The molecule has 0 fully saturated rings. The van der Waals surface area contributed by atoms with Crippen LogP contribution in [0.1, 0.15) is 31.3 Å². The first-order chi connectivity index (χ1) is 11.6. The molecule has 0 aliphatic heterocycles. The Hall–Kier alpha value is -2.83. The summed E-state index contributed by atoms with van der Waals surface area (Å²) in [5.74, 6) is 0.960. The fourth-order valence-corrected chi connectivity index (χ4v) is 2.74. The zero-order chi connectivity index (χ0) is 17.1. The van der Waals surface area contributed by atoms with Gasteiger partial charge >= 0.3 is 6.03 Å². The molecule has 0 spiro atoms. The van der Waals surface area contributed by atoms with Gasteiger partial charge in [-0.1, -0.05) is 6.92 Å². The van der Waals surface area contributed by atoms with Crippen LogP contribution in [0.2, 0.25) is 0 Å². The summed E-state index contributed by atoms with van der Waals surface area (Å²) in [5, 5.41) is 14.4. The average molecular weight is 327 g/mol.